The highest BCUT2D eigenvalue weighted by Crippen LogP contribution is 2.34. The van der Waals surface area contributed by atoms with Crippen LogP contribution in [0.5, 0.6) is 11.5 Å². The molecule has 1 aromatic heterocycles. The number of hydrogen-bond donors (Lipinski definition) is 3. The summed E-state index contributed by atoms with van der Waals surface area (Å²) in [5.41, 5.74) is 1.96. The molecule has 3 aromatic rings. The molecular formula is C18H15N3O4. The van der Waals surface area contributed by atoms with Crippen molar-refractivity contribution in [3.8, 4) is 11.5 Å². The Balaban J connectivity index is 1.37. The van der Waals surface area contributed by atoms with Crippen LogP contribution in [0.1, 0.15) is 10.4 Å². The smallest absolute Gasteiger partial charge is 0.253 e. The second-order valence-corrected chi connectivity index (χ2v) is 5.55. The number of anilines is 1. The van der Waals surface area contributed by atoms with Gasteiger partial charge in [-0.15, -0.1) is 0 Å². The zero-order chi connectivity index (χ0) is 17.2. The van der Waals surface area contributed by atoms with Crippen LogP contribution in [0.25, 0.3) is 10.9 Å². The van der Waals surface area contributed by atoms with E-state index in [1.807, 2.05) is 24.3 Å². The number of ether oxygens (including phenoxy) is 2. The van der Waals surface area contributed by atoms with Crippen molar-refractivity contribution in [1.29, 1.82) is 0 Å². The summed E-state index contributed by atoms with van der Waals surface area (Å²) >= 11 is 0. The Hall–Kier alpha value is -3.48. The van der Waals surface area contributed by atoms with Crippen molar-refractivity contribution >= 4 is 28.4 Å². The van der Waals surface area contributed by atoms with Gasteiger partial charge in [0.15, 0.2) is 11.5 Å². The molecule has 0 unspecified atom stereocenters. The van der Waals surface area contributed by atoms with E-state index in [4.69, 9.17) is 9.47 Å². The van der Waals surface area contributed by atoms with Gasteiger partial charge in [-0.2, -0.15) is 0 Å². The molecule has 2 aromatic carbocycles. The molecule has 0 bridgehead atoms. The number of aromatic nitrogens is 1. The first kappa shape index (κ1) is 15.1. The summed E-state index contributed by atoms with van der Waals surface area (Å²) in [6.45, 7) is 0.0419. The Morgan fingerprint density at radius 3 is 2.84 bits per heavy atom. The largest absolute Gasteiger partial charge is 0.454 e. The third-order valence-corrected chi connectivity index (χ3v) is 3.90. The summed E-state index contributed by atoms with van der Waals surface area (Å²) in [7, 11) is 0. The Morgan fingerprint density at radius 2 is 1.92 bits per heavy atom. The summed E-state index contributed by atoms with van der Waals surface area (Å²) in [6, 6.07) is 12.6. The molecule has 0 atom stereocenters. The fourth-order valence-electron chi connectivity index (χ4n) is 2.69. The molecule has 1 aliphatic rings. The number of hydrogen-bond acceptors (Lipinski definition) is 4. The van der Waals surface area contributed by atoms with Crippen molar-refractivity contribution in [1.82, 2.24) is 10.3 Å². The number of carbonyl (C=O) groups is 2. The molecule has 0 saturated heterocycles. The number of aromatic amines is 1. The predicted molar refractivity (Wildman–Crippen MR) is 91.8 cm³/mol. The van der Waals surface area contributed by atoms with Gasteiger partial charge in [0.05, 0.1) is 12.1 Å². The van der Waals surface area contributed by atoms with E-state index in [1.54, 1.807) is 24.4 Å². The minimum Gasteiger partial charge on any atom is -0.454 e. The second kappa shape index (κ2) is 6.20. The summed E-state index contributed by atoms with van der Waals surface area (Å²) in [4.78, 5) is 27.4. The van der Waals surface area contributed by atoms with Crippen LogP contribution in [-0.4, -0.2) is 30.1 Å². The van der Waals surface area contributed by atoms with Crippen LogP contribution in [0.4, 0.5) is 5.69 Å². The summed E-state index contributed by atoms with van der Waals surface area (Å²) in [6.07, 6.45) is 1.63. The molecule has 25 heavy (non-hydrogen) atoms. The minimum atomic E-state index is -0.327. The number of fused-ring (bicyclic) bond motifs is 2. The third kappa shape index (κ3) is 2.99. The van der Waals surface area contributed by atoms with Gasteiger partial charge in [-0.05, 0) is 18.2 Å². The Labute approximate surface area is 142 Å². The molecule has 0 saturated carbocycles. The van der Waals surface area contributed by atoms with Gasteiger partial charge >= 0.3 is 0 Å². The van der Waals surface area contributed by atoms with Gasteiger partial charge in [-0.1, -0.05) is 18.2 Å². The average molecular weight is 337 g/mol. The third-order valence-electron chi connectivity index (χ3n) is 3.90. The Morgan fingerprint density at radius 1 is 1.08 bits per heavy atom. The lowest BCUT2D eigenvalue weighted by Gasteiger charge is -2.07. The maximum absolute atomic E-state index is 12.3. The molecule has 7 nitrogen and oxygen atoms in total. The molecule has 1 aliphatic heterocycles. The van der Waals surface area contributed by atoms with Crippen molar-refractivity contribution in [2.45, 2.75) is 0 Å². The van der Waals surface area contributed by atoms with Crippen LogP contribution < -0.4 is 20.1 Å². The van der Waals surface area contributed by atoms with Crippen LogP contribution in [0.2, 0.25) is 0 Å². The first-order chi connectivity index (χ1) is 12.2. The second-order valence-electron chi connectivity index (χ2n) is 5.55. The van der Waals surface area contributed by atoms with E-state index in [9.17, 15) is 9.59 Å². The summed E-state index contributed by atoms with van der Waals surface area (Å²) in [5.74, 6) is 0.594. The predicted octanol–water partition coefficient (Wildman–Crippen LogP) is 2.27. The highest BCUT2D eigenvalue weighted by atomic mass is 16.7. The first-order valence-corrected chi connectivity index (χ1v) is 7.74. The monoisotopic (exact) mass is 337 g/mol. The van der Waals surface area contributed by atoms with Crippen LogP contribution >= 0.6 is 0 Å². The molecular weight excluding hydrogens is 322 g/mol. The average Bonchev–Trinajstić information content (AvgIpc) is 3.26. The van der Waals surface area contributed by atoms with E-state index < -0.39 is 0 Å². The minimum absolute atomic E-state index is 0.132. The summed E-state index contributed by atoms with van der Waals surface area (Å²) in [5, 5.41) is 6.15. The molecule has 0 spiro atoms. The van der Waals surface area contributed by atoms with Gasteiger partial charge in [0.25, 0.3) is 5.91 Å². The van der Waals surface area contributed by atoms with Crippen LogP contribution in [0.3, 0.4) is 0 Å². The van der Waals surface area contributed by atoms with Crippen molar-refractivity contribution in [3.05, 3.63) is 54.2 Å². The van der Waals surface area contributed by atoms with Gasteiger partial charge in [-0.25, -0.2) is 0 Å². The zero-order valence-corrected chi connectivity index (χ0v) is 13.2. The van der Waals surface area contributed by atoms with Crippen molar-refractivity contribution in [2.24, 2.45) is 0 Å². The molecule has 2 amide bonds. The topological polar surface area (TPSA) is 92.5 Å². The highest BCUT2D eigenvalue weighted by molar-refractivity contribution is 6.08. The van der Waals surface area contributed by atoms with E-state index >= 15 is 0 Å². The van der Waals surface area contributed by atoms with Crippen molar-refractivity contribution in [3.63, 3.8) is 0 Å². The van der Waals surface area contributed by atoms with Gasteiger partial charge in [0.2, 0.25) is 12.7 Å². The van der Waals surface area contributed by atoms with Crippen molar-refractivity contribution in [2.75, 3.05) is 18.7 Å². The lowest BCUT2D eigenvalue weighted by Crippen LogP contribution is -2.32. The molecule has 4 rings (SSSR count). The van der Waals surface area contributed by atoms with E-state index in [2.05, 4.69) is 15.6 Å². The molecule has 126 valence electrons. The fourth-order valence-corrected chi connectivity index (χ4v) is 2.69. The zero-order valence-electron chi connectivity index (χ0n) is 13.2. The Kier molecular flexibility index (Phi) is 3.74. The standard InChI is InChI=1S/C18H15N3O4/c22-17(21-11-5-6-15-16(7-11)25-10-24-15)9-20-18(23)13-8-19-14-4-2-1-3-12(13)14/h1-8,19H,9-10H2,(H,20,23)(H,21,22). The first-order valence-electron chi connectivity index (χ1n) is 7.74. The SMILES string of the molecule is O=C(CNC(=O)c1c[nH]c2ccccc12)Nc1ccc2c(c1)OCO2. The normalized spacial score (nSPS) is 12.2. The molecule has 0 fully saturated rings. The fraction of sp³-hybridized carbons (Fsp3) is 0.111. The van der Waals surface area contributed by atoms with Crippen molar-refractivity contribution < 1.29 is 19.1 Å². The number of amides is 2. The van der Waals surface area contributed by atoms with Crippen LogP contribution in [0, 0.1) is 0 Å². The number of benzene rings is 2. The number of carbonyl (C=O) groups excluding carboxylic acids is 2. The molecule has 7 heteroatoms. The van der Waals surface area contributed by atoms with E-state index in [0.717, 1.165) is 10.9 Å². The quantitative estimate of drug-likeness (QED) is 0.681. The molecule has 3 N–H and O–H groups in total. The van der Waals surface area contributed by atoms with Gasteiger partial charge in [0, 0.05) is 28.9 Å². The number of H-pyrrole nitrogens is 1. The maximum Gasteiger partial charge on any atom is 0.253 e. The van der Waals surface area contributed by atoms with Gasteiger partial charge in [-0.3, -0.25) is 9.59 Å². The van der Waals surface area contributed by atoms with E-state index in [0.29, 0.717) is 22.7 Å². The number of para-hydroxylation sites is 1. The van der Waals surface area contributed by atoms with Crippen LogP contribution in [0.15, 0.2) is 48.7 Å². The number of rotatable bonds is 4. The number of nitrogens with one attached hydrogen (secondary N) is 3. The summed E-state index contributed by atoms with van der Waals surface area (Å²) < 4.78 is 10.5. The van der Waals surface area contributed by atoms with Gasteiger partial charge in [0.1, 0.15) is 0 Å². The highest BCUT2D eigenvalue weighted by Gasteiger charge is 2.15. The van der Waals surface area contributed by atoms with E-state index in [-0.39, 0.29) is 25.2 Å². The maximum atomic E-state index is 12.3. The van der Waals surface area contributed by atoms with Crippen LogP contribution in [-0.2, 0) is 4.79 Å². The Bertz CT molecular complexity index is 964. The van der Waals surface area contributed by atoms with E-state index in [1.165, 1.54) is 0 Å². The lowest BCUT2D eigenvalue weighted by atomic mass is 10.1. The molecule has 2 heterocycles. The lowest BCUT2D eigenvalue weighted by molar-refractivity contribution is -0.115. The molecule has 0 aliphatic carbocycles. The molecule has 0 radical (unpaired) electrons. The van der Waals surface area contributed by atoms with Gasteiger partial charge < -0.3 is 25.1 Å².